The molecule has 0 bridgehead atoms. The monoisotopic (exact) mass is 255 g/mol. The number of benzene rings is 1. The Morgan fingerprint density at radius 3 is 3.14 bits per heavy atom. The Morgan fingerprint density at radius 1 is 1.50 bits per heavy atom. The van der Waals surface area contributed by atoms with Crippen molar-refractivity contribution in [3.05, 3.63) is 33.8 Å². The van der Waals surface area contributed by atoms with Crippen molar-refractivity contribution in [1.29, 1.82) is 0 Å². The van der Waals surface area contributed by atoms with Crippen molar-refractivity contribution < 1.29 is 9.94 Å². The number of fused-ring (bicyclic) bond motifs is 1. The van der Waals surface area contributed by atoms with Gasteiger partial charge in [0, 0.05) is 16.6 Å². The first-order valence-corrected chi connectivity index (χ1v) is 5.07. The van der Waals surface area contributed by atoms with Crippen LogP contribution in [0.1, 0.15) is 5.56 Å². The number of halogens is 1. The van der Waals surface area contributed by atoms with Crippen LogP contribution in [0.2, 0.25) is 0 Å². The Bertz CT molecular complexity index is 376. The third kappa shape index (κ3) is 1.97. The molecule has 3 nitrogen and oxygen atoms in total. The Kier molecular flexibility index (Phi) is 2.86. The van der Waals surface area contributed by atoms with Crippen molar-refractivity contribution in [3.63, 3.8) is 0 Å². The van der Waals surface area contributed by atoms with Gasteiger partial charge in [-0.25, -0.2) is 5.48 Å². The van der Waals surface area contributed by atoms with Crippen LogP contribution < -0.4 is 10.2 Å². The zero-order valence-corrected chi connectivity index (χ0v) is 9.04. The van der Waals surface area contributed by atoms with Gasteiger partial charge in [0.05, 0.1) is 0 Å². The summed E-state index contributed by atoms with van der Waals surface area (Å²) in [6.45, 7) is 0.966. The number of rotatable bonds is 2. The van der Waals surface area contributed by atoms with Gasteiger partial charge in [0.1, 0.15) is 12.4 Å². The van der Waals surface area contributed by atoms with E-state index in [0.717, 1.165) is 21.4 Å². The minimum absolute atomic E-state index is 0.436. The summed E-state index contributed by atoms with van der Waals surface area (Å²) in [6, 6.07) is 5.87. The predicted molar refractivity (Wildman–Crippen MR) is 57.4 cm³/mol. The normalized spacial score (nSPS) is 14.3. The summed E-state index contributed by atoms with van der Waals surface area (Å²) in [6.07, 6.45) is 2.02. The molecule has 0 saturated heterocycles. The first-order chi connectivity index (χ1) is 6.79. The molecule has 4 heteroatoms. The van der Waals surface area contributed by atoms with Gasteiger partial charge in [0.25, 0.3) is 0 Å². The van der Waals surface area contributed by atoms with Crippen LogP contribution in [0.25, 0.3) is 6.08 Å². The van der Waals surface area contributed by atoms with E-state index in [-0.39, 0.29) is 0 Å². The smallest absolute Gasteiger partial charge is 0.127 e. The SMILES string of the molecule is ONCC1=Cc2cc(Br)ccc2OC1. The molecule has 1 heterocycles. The van der Waals surface area contributed by atoms with E-state index in [1.807, 2.05) is 24.3 Å². The molecule has 0 fully saturated rings. The highest BCUT2D eigenvalue weighted by Crippen LogP contribution is 2.28. The quantitative estimate of drug-likeness (QED) is 0.797. The lowest BCUT2D eigenvalue weighted by molar-refractivity contribution is 0.173. The minimum atomic E-state index is 0.436. The van der Waals surface area contributed by atoms with Crippen molar-refractivity contribution in [2.75, 3.05) is 13.2 Å². The standard InChI is InChI=1S/C10H10BrNO2/c11-9-1-2-10-8(4-9)3-7(5-12-13)6-14-10/h1-4,12-13H,5-6H2. The summed E-state index contributed by atoms with van der Waals surface area (Å²) in [5, 5.41) is 8.57. The lowest BCUT2D eigenvalue weighted by atomic mass is 10.1. The first-order valence-electron chi connectivity index (χ1n) is 4.28. The number of ether oxygens (including phenoxy) is 1. The molecule has 0 unspecified atom stereocenters. The van der Waals surface area contributed by atoms with Crippen molar-refractivity contribution in [2.45, 2.75) is 0 Å². The number of hydrogen-bond donors (Lipinski definition) is 2. The van der Waals surface area contributed by atoms with Gasteiger partial charge in [0.2, 0.25) is 0 Å². The van der Waals surface area contributed by atoms with Crippen molar-refractivity contribution >= 4 is 22.0 Å². The maximum Gasteiger partial charge on any atom is 0.127 e. The van der Waals surface area contributed by atoms with E-state index >= 15 is 0 Å². The van der Waals surface area contributed by atoms with Gasteiger partial charge in [-0.05, 0) is 29.8 Å². The van der Waals surface area contributed by atoms with Gasteiger partial charge in [-0.3, -0.25) is 0 Å². The molecule has 2 rings (SSSR count). The highest BCUT2D eigenvalue weighted by atomic mass is 79.9. The molecule has 1 aromatic carbocycles. The van der Waals surface area contributed by atoms with Crippen LogP contribution in [0.4, 0.5) is 0 Å². The van der Waals surface area contributed by atoms with Gasteiger partial charge in [0.15, 0.2) is 0 Å². The van der Waals surface area contributed by atoms with Crippen LogP contribution in [0.5, 0.6) is 5.75 Å². The van der Waals surface area contributed by atoms with Crippen molar-refractivity contribution in [1.82, 2.24) is 5.48 Å². The maximum atomic E-state index is 8.57. The average molecular weight is 256 g/mol. The van der Waals surface area contributed by atoms with Crippen molar-refractivity contribution in [3.8, 4) is 5.75 Å². The molecule has 1 aromatic rings. The third-order valence-electron chi connectivity index (χ3n) is 2.05. The second-order valence-corrected chi connectivity index (χ2v) is 4.02. The Balaban J connectivity index is 2.32. The molecular weight excluding hydrogens is 246 g/mol. The van der Waals surface area contributed by atoms with Gasteiger partial charge in [-0.15, -0.1) is 0 Å². The molecule has 0 aromatic heterocycles. The minimum Gasteiger partial charge on any atom is -0.489 e. The summed E-state index contributed by atoms with van der Waals surface area (Å²) in [5.74, 6) is 0.884. The van der Waals surface area contributed by atoms with Crippen molar-refractivity contribution in [2.24, 2.45) is 0 Å². The van der Waals surface area contributed by atoms with E-state index < -0.39 is 0 Å². The van der Waals surface area contributed by atoms with E-state index in [0.29, 0.717) is 13.2 Å². The second-order valence-electron chi connectivity index (χ2n) is 3.11. The van der Waals surface area contributed by atoms with Crippen LogP contribution in [0.15, 0.2) is 28.2 Å². The first kappa shape index (κ1) is 9.71. The van der Waals surface area contributed by atoms with Gasteiger partial charge >= 0.3 is 0 Å². The molecular formula is C10H10BrNO2. The molecule has 74 valence electrons. The third-order valence-corrected chi connectivity index (χ3v) is 2.54. The Labute approximate surface area is 90.5 Å². The topological polar surface area (TPSA) is 41.5 Å². The van der Waals surface area contributed by atoms with E-state index in [1.54, 1.807) is 0 Å². The van der Waals surface area contributed by atoms with Crippen LogP contribution >= 0.6 is 15.9 Å². The number of nitrogens with one attached hydrogen (secondary N) is 1. The molecule has 14 heavy (non-hydrogen) atoms. The molecule has 0 saturated carbocycles. The highest BCUT2D eigenvalue weighted by Gasteiger charge is 2.10. The maximum absolute atomic E-state index is 8.57. The Morgan fingerprint density at radius 2 is 2.36 bits per heavy atom. The second kappa shape index (κ2) is 4.13. The average Bonchev–Trinajstić information content (AvgIpc) is 2.17. The van der Waals surface area contributed by atoms with Gasteiger partial charge in [-0.1, -0.05) is 15.9 Å². The molecule has 0 amide bonds. The van der Waals surface area contributed by atoms with Crippen LogP contribution in [-0.2, 0) is 0 Å². The van der Waals surface area contributed by atoms with E-state index in [4.69, 9.17) is 9.94 Å². The lowest BCUT2D eigenvalue weighted by Gasteiger charge is -2.17. The number of hydrogen-bond acceptors (Lipinski definition) is 3. The van der Waals surface area contributed by atoms with E-state index in [9.17, 15) is 0 Å². The predicted octanol–water partition coefficient (Wildman–Crippen LogP) is 2.20. The summed E-state index contributed by atoms with van der Waals surface area (Å²) in [4.78, 5) is 0. The number of hydroxylamine groups is 1. The molecule has 1 aliphatic rings. The highest BCUT2D eigenvalue weighted by molar-refractivity contribution is 9.10. The zero-order chi connectivity index (χ0) is 9.97. The fourth-order valence-electron chi connectivity index (χ4n) is 1.40. The van der Waals surface area contributed by atoms with Gasteiger partial charge in [-0.2, -0.15) is 0 Å². The Hall–Kier alpha value is -0.840. The molecule has 0 spiro atoms. The van der Waals surface area contributed by atoms with Crippen LogP contribution in [0, 0.1) is 0 Å². The molecule has 1 aliphatic heterocycles. The molecule has 0 atom stereocenters. The molecule has 2 N–H and O–H groups in total. The fourth-order valence-corrected chi connectivity index (χ4v) is 1.78. The summed E-state index contributed by atoms with van der Waals surface area (Å²) < 4.78 is 6.53. The summed E-state index contributed by atoms with van der Waals surface area (Å²) in [7, 11) is 0. The molecule has 0 aliphatic carbocycles. The lowest BCUT2D eigenvalue weighted by Crippen LogP contribution is -2.18. The largest absolute Gasteiger partial charge is 0.489 e. The zero-order valence-electron chi connectivity index (χ0n) is 7.46. The van der Waals surface area contributed by atoms with E-state index in [1.165, 1.54) is 0 Å². The van der Waals surface area contributed by atoms with E-state index in [2.05, 4.69) is 21.4 Å². The van der Waals surface area contributed by atoms with Crippen LogP contribution in [0.3, 0.4) is 0 Å². The van der Waals surface area contributed by atoms with Crippen LogP contribution in [-0.4, -0.2) is 18.4 Å². The summed E-state index contributed by atoms with van der Waals surface area (Å²) in [5.41, 5.74) is 4.19. The van der Waals surface area contributed by atoms with Gasteiger partial charge < -0.3 is 9.94 Å². The summed E-state index contributed by atoms with van der Waals surface area (Å²) >= 11 is 3.40. The molecule has 0 radical (unpaired) electrons. The fraction of sp³-hybridized carbons (Fsp3) is 0.200.